The zero-order valence-corrected chi connectivity index (χ0v) is 16.3. The highest BCUT2D eigenvalue weighted by molar-refractivity contribution is 7.99. The summed E-state index contributed by atoms with van der Waals surface area (Å²) in [7, 11) is 1.76. The second-order valence-corrected chi connectivity index (χ2v) is 7.72. The second kappa shape index (κ2) is 8.14. The summed E-state index contributed by atoms with van der Waals surface area (Å²) < 4.78 is 17.6. The molecule has 1 aliphatic rings. The lowest BCUT2D eigenvalue weighted by atomic mass is 10.2. The fourth-order valence-corrected chi connectivity index (χ4v) is 4.19. The van der Waals surface area contributed by atoms with E-state index < -0.39 is 0 Å². The zero-order valence-electron chi connectivity index (χ0n) is 15.5. The lowest BCUT2D eigenvalue weighted by Crippen LogP contribution is -2.19. The van der Waals surface area contributed by atoms with E-state index in [-0.39, 0.29) is 17.5 Å². The Morgan fingerprint density at radius 1 is 1.25 bits per heavy atom. The van der Waals surface area contributed by atoms with E-state index in [2.05, 4.69) is 20.6 Å². The number of thioether (sulfide) groups is 1. The van der Waals surface area contributed by atoms with E-state index in [4.69, 9.17) is 0 Å². The number of carbonyl (C=O) groups is 1. The first kappa shape index (κ1) is 18.7. The molecule has 0 radical (unpaired) electrons. The third kappa shape index (κ3) is 3.80. The van der Waals surface area contributed by atoms with Gasteiger partial charge in [-0.05, 0) is 25.0 Å². The molecule has 7 nitrogen and oxygen atoms in total. The Hall–Kier alpha value is -2.68. The summed E-state index contributed by atoms with van der Waals surface area (Å²) in [6.07, 6.45) is 6.30. The van der Waals surface area contributed by atoms with E-state index in [9.17, 15) is 9.18 Å². The maximum absolute atomic E-state index is 14.0. The molecule has 2 aromatic heterocycles. The van der Waals surface area contributed by atoms with Gasteiger partial charge in [-0.15, -0.1) is 10.2 Å². The summed E-state index contributed by atoms with van der Waals surface area (Å²) in [5.74, 6) is 0.842. The first-order valence-corrected chi connectivity index (χ1v) is 10.2. The summed E-state index contributed by atoms with van der Waals surface area (Å²) in [4.78, 5) is 12.4. The van der Waals surface area contributed by atoms with Crippen molar-refractivity contribution in [1.29, 1.82) is 0 Å². The molecule has 0 unspecified atom stereocenters. The minimum Gasteiger partial charge on any atom is -0.310 e. The van der Waals surface area contributed by atoms with Crippen LogP contribution in [0.3, 0.4) is 0 Å². The van der Waals surface area contributed by atoms with Crippen molar-refractivity contribution in [3.63, 3.8) is 0 Å². The van der Waals surface area contributed by atoms with Gasteiger partial charge in [-0.2, -0.15) is 5.10 Å². The highest BCUT2D eigenvalue weighted by Gasteiger charge is 2.21. The molecule has 3 aromatic rings. The molecular weight excluding hydrogens is 379 g/mol. The Morgan fingerprint density at radius 2 is 2.04 bits per heavy atom. The number of hydrogen-bond donors (Lipinski definition) is 1. The molecule has 1 saturated carbocycles. The number of halogens is 1. The van der Waals surface area contributed by atoms with Gasteiger partial charge in [0.25, 0.3) is 0 Å². The van der Waals surface area contributed by atoms with Crippen LogP contribution in [-0.2, 0) is 11.8 Å². The Bertz CT molecular complexity index is 978. The van der Waals surface area contributed by atoms with Gasteiger partial charge in [-0.25, -0.2) is 9.07 Å². The van der Waals surface area contributed by atoms with Crippen LogP contribution < -0.4 is 5.32 Å². The molecule has 0 aliphatic heterocycles. The van der Waals surface area contributed by atoms with Gasteiger partial charge in [-0.3, -0.25) is 4.79 Å². The highest BCUT2D eigenvalue weighted by Crippen LogP contribution is 2.31. The van der Waals surface area contributed by atoms with Gasteiger partial charge in [0, 0.05) is 13.1 Å². The summed E-state index contributed by atoms with van der Waals surface area (Å²) in [5, 5.41) is 16.0. The molecule has 1 aromatic carbocycles. The lowest BCUT2D eigenvalue weighted by molar-refractivity contribution is -0.113. The molecule has 2 heterocycles. The van der Waals surface area contributed by atoms with E-state index in [0.717, 1.165) is 18.7 Å². The summed E-state index contributed by atoms with van der Waals surface area (Å²) >= 11 is 1.26. The van der Waals surface area contributed by atoms with Gasteiger partial charge in [0.1, 0.15) is 11.6 Å². The van der Waals surface area contributed by atoms with Crippen molar-refractivity contribution in [3.05, 3.63) is 42.3 Å². The largest absolute Gasteiger partial charge is 0.310 e. The topological polar surface area (TPSA) is 77.6 Å². The molecule has 1 N–H and O–H groups in total. The van der Waals surface area contributed by atoms with Crippen LogP contribution in [0.2, 0.25) is 0 Å². The van der Waals surface area contributed by atoms with E-state index in [1.807, 2.05) is 10.7 Å². The monoisotopic (exact) mass is 400 g/mol. The van der Waals surface area contributed by atoms with Crippen molar-refractivity contribution in [3.8, 4) is 11.4 Å². The normalized spacial score (nSPS) is 14.5. The van der Waals surface area contributed by atoms with Gasteiger partial charge >= 0.3 is 0 Å². The van der Waals surface area contributed by atoms with E-state index in [1.165, 1.54) is 30.7 Å². The number of nitrogens with zero attached hydrogens (tertiary/aromatic N) is 5. The van der Waals surface area contributed by atoms with Gasteiger partial charge in [0.05, 0.1) is 23.6 Å². The number of hydrogen-bond acceptors (Lipinski definition) is 5. The fraction of sp³-hybridized carbons (Fsp3) is 0.368. The molecular formula is C19H21FN6OS. The Kier molecular flexibility index (Phi) is 5.43. The van der Waals surface area contributed by atoms with Crippen molar-refractivity contribution in [2.45, 2.75) is 36.9 Å². The molecule has 4 rings (SSSR count). The van der Waals surface area contributed by atoms with Crippen molar-refractivity contribution < 1.29 is 9.18 Å². The Morgan fingerprint density at radius 3 is 2.82 bits per heavy atom. The van der Waals surface area contributed by atoms with Crippen LogP contribution in [-0.4, -0.2) is 36.2 Å². The summed E-state index contributed by atoms with van der Waals surface area (Å²) in [6.45, 7) is 0. The molecule has 0 atom stereocenters. The minimum absolute atomic E-state index is 0.139. The Balaban J connectivity index is 1.40. The number of carbonyl (C=O) groups excluding carboxylic acids is 1. The average molecular weight is 400 g/mol. The van der Waals surface area contributed by atoms with Gasteiger partial charge < -0.3 is 9.88 Å². The van der Waals surface area contributed by atoms with E-state index in [1.54, 1.807) is 36.0 Å². The predicted molar refractivity (Wildman–Crippen MR) is 105 cm³/mol. The maximum Gasteiger partial charge on any atom is 0.235 e. The lowest BCUT2D eigenvalue weighted by Gasteiger charge is -2.14. The average Bonchev–Trinajstić information content (AvgIpc) is 3.42. The fourth-order valence-electron chi connectivity index (χ4n) is 3.48. The SMILES string of the molecule is Cn1c(SCC(=O)Nc2ccnn2C2CCCC2)nnc1-c1ccccc1F. The maximum atomic E-state index is 14.0. The van der Waals surface area contributed by atoms with Crippen LogP contribution in [0.15, 0.2) is 41.7 Å². The van der Waals surface area contributed by atoms with Crippen LogP contribution in [0.4, 0.5) is 10.2 Å². The number of amides is 1. The van der Waals surface area contributed by atoms with Crippen LogP contribution in [0.1, 0.15) is 31.7 Å². The third-order valence-corrected chi connectivity index (χ3v) is 5.91. The van der Waals surface area contributed by atoms with E-state index >= 15 is 0 Å². The van der Waals surface area contributed by atoms with Gasteiger partial charge in [0.15, 0.2) is 11.0 Å². The summed E-state index contributed by atoms with van der Waals surface area (Å²) in [5.41, 5.74) is 0.384. The molecule has 0 saturated heterocycles. The molecule has 9 heteroatoms. The summed E-state index contributed by atoms with van der Waals surface area (Å²) in [6, 6.07) is 8.61. The second-order valence-electron chi connectivity index (χ2n) is 6.78. The number of nitrogens with one attached hydrogen (secondary N) is 1. The van der Waals surface area contributed by atoms with Crippen LogP contribution in [0, 0.1) is 5.82 Å². The number of benzene rings is 1. The first-order valence-electron chi connectivity index (χ1n) is 9.24. The first-order chi connectivity index (χ1) is 13.6. The highest BCUT2D eigenvalue weighted by atomic mass is 32.2. The smallest absolute Gasteiger partial charge is 0.235 e. The molecule has 28 heavy (non-hydrogen) atoms. The third-order valence-electron chi connectivity index (χ3n) is 4.89. The molecule has 1 aliphatic carbocycles. The molecule has 0 bridgehead atoms. The number of rotatable bonds is 6. The Labute approximate surface area is 166 Å². The van der Waals surface area contributed by atoms with Crippen LogP contribution in [0.5, 0.6) is 0 Å². The molecule has 0 spiro atoms. The molecule has 1 fully saturated rings. The van der Waals surface area contributed by atoms with Crippen molar-refractivity contribution >= 4 is 23.5 Å². The van der Waals surface area contributed by atoms with Crippen LogP contribution >= 0.6 is 11.8 Å². The van der Waals surface area contributed by atoms with Gasteiger partial charge in [-0.1, -0.05) is 36.7 Å². The van der Waals surface area contributed by atoms with Crippen LogP contribution in [0.25, 0.3) is 11.4 Å². The van der Waals surface area contributed by atoms with Gasteiger partial charge in [0.2, 0.25) is 5.91 Å². The molecule has 146 valence electrons. The van der Waals surface area contributed by atoms with Crippen molar-refractivity contribution in [2.75, 3.05) is 11.1 Å². The number of anilines is 1. The van der Waals surface area contributed by atoms with Crippen molar-refractivity contribution in [2.24, 2.45) is 7.05 Å². The van der Waals surface area contributed by atoms with E-state index in [0.29, 0.717) is 22.6 Å². The minimum atomic E-state index is -0.354. The molecule has 1 amide bonds. The predicted octanol–water partition coefficient (Wildman–Crippen LogP) is 3.66. The zero-order chi connectivity index (χ0) is 19.5. The van der Waals surface area contributed by atoms with Crippen molar-refractivity contribution in [1.82, 2.24) is 24.5 Å². The quantitative estimate of drug-likeness (QED) is 0.639. The number of aromatic nitrogens is 5. The standard InChI is InChI=1S/C19H21FN6OS/c1-25-18(14-8-4-5-9-15(14)20)23-24-19(25)28-12-17(27)22-16-10-11-21-26(16)13-6-2-3-7-13/h4-5,8-11,13H,2-3,6-7,12H2,1H3,(H,22,27).